The molecule has 0 saturated carbocycles. The second-order valence-electron chi connectivity index (χ2n) is 2.04. The van der Waals surface area contributed by atoms with E-state index >= 15 is 0 Å². The molecule has 1 atom stereocenters. The summed E-state index contributed by atoms with van der Waals surface area (Å²) in [6.45, 7) is 3.53. The van der Waals surface area contributed by atoms with Gasteiger partial charge in [0.25, 0.3) is 0 Å². The summed E-state index contributed by atoms with van der Waals surface area (Å²) >= 11 is 0. The fraction of sp³-hybridized carbons (Fsp3) is 0.375. The van der Waals surface area contributed by atoms with Gasteiger partial charge in [-0.3, -0.25) is 4.79 Å². The van der Waals surface area contributed by atoms with E-state index in [2.05, 4.69) is 0 Å². The number of hydrogen-bond acceptors (Lipinski definition) is 1. The van der Waals surface area contributed by atoms with Crippen molar-refractivity contribution in [3.05, 3.63) is 24.3 Å². The summed E-state index contributed by atoms with van der Waals surface area (Å²) in [4.78, 5) is 10.2. The van der Waals surface area contributed by atoms with Crippen LogP contribution in [0.25, 0.3) is 0 Å². The number of carboxylic acid groups (broad SMARTS) is 1. The molecule has 2 heteroatoms. The molecule has 0 aliphatic carbocycles. The normalized spacial score (nSPS) is 14.6. The first-order valence-electron chi connectivity index (χ1n) is 3.20. The molecule has 0 fully saturated rings. The van der Waals surface area contributed by atoms with Crippen LogP contribution in [0.5, 0.6) is 0 Å². The molecule has 0 aromatic rings. The molecular formula is C8H12O2. The number of hydrogen-bond donors (Lipinski definition) is 1. The average molecular weight is 140 g/mol. The number of carbonyl (C=O) groups is 1. The van der Waals surface area contributed by atoms with Crippen LogP contribution in [0.2, 0.25) is 0 Å². The SMILES string of the molecule is C/C=C/C=C/C(C)C(=O)O. The van der Waals surface area contributed by atoms with Gasteiger partial charge in [0.1, 0.15) is 0 Å². The lowest BCUT2D eigenvalue weighted by Crippen LogP contribution is -2.05. The van der Waals surface area contributed by atoms with Crippen molar-refractivity contribution >= 4 is 5.97 Å². The molecule has 0 aromatic carbocycles. The molecule has 1 N–H and O–H groups in total. The quantitative estimate of drug-likeness (QED) is 0.607. The maximum Gasteiger partial charge on any atom is 0.310 e. The van der Waals surface area contributed by atoms with E-state index in [1.807, 2.05) is 13.0 Å². The summed E-state index contributed by atoms with van der Waals surface area (Å²) in [5.41, 5.74) is 0. The van der Waals surface area contributed by atoms with Crippen molar-refractivity contribution in [2.45, 2.75) is 13.8 Å². The number of rotatable bonds is 3. The van der Waals surface area contributed by atoms with E-state index in [0.29, 0.717) is 0 Å². The van der Waals surface area contributed by atoms with Gasteiger partial charge in [-0.25, -0.2) is 0 Å². The van der Waals surface area contributed by atoms with E-state index in [1.165, 1.54) is 0 Å². The van der Waals surface area contributed by atoms with E-state index in [0.717, 1.165) is 0 Å². The van der Waals surface area contributed by atoms with Crippen molar-refractivity contribution in [1.29, 1.82) is 0 Å². The van der Waals surface area contributed by atoms with Crippen LogP contribution in [-0.2, 0) is 4.79 Å². The van der Waals surface area contributed by atoms with Gasteiger partial charge in [0, 0.05) is 0 Å². The first-order valence-corrected chi connectivity index (χ1v) is 3.20. The Morgan fingerprint density at radius 3 is 2.50 bits per heavy atom. The Morgan fingerprint density at radius 2 is 2.10 bits per heavy atom. The molecule has 2 nitrogen and oxygen atoms in total. The van der Waals surface area contributed by atoms with Crippen molar-refractivity contribution < 1.29 is 9.90 Å². The Kier molecular flexibility index (Phi) is 4.29. The molecule has 0 aromatic heterocycles. The summed E-state index contributed by atoms with van der Waals surface area (Å²) < 4.78 is 0. The van der Waals surface area contributed by atoms with Gasteiger partial charge in [0.15, 0.2) is 0 Å². The van der Waals surface area contributed by atoms with Crippen molar-refractivity contribution in [2.24, 2.45) is 5.92 Å². The Bertz CT molecular complexity index is 157. The first kappa shape index (κ1) is 8.95. The predicted molar refractivity (Wildman–Crippen MR) is 40.8 cm³/mol. The smallest absolute Gasteiger partial charge is 0.310 e. The second kappa shape index (κ2) is 4.79. The van der Waals surface area contributed by atoms with Crippen LogP contribution in [-0.4, -0.2) is 11.1 Å². The number of carboxylic acids is 1. The topological polar surface area (TPSA) is 37.3 Å². The zero-order valence-corrected chi connectivity index (χ0v) is 6.24. The predicted octanol–water partition coefficient (Wildman–Crippen LogP) is 1.84. The van der Waals surface area contributed by atoms with Crippen LogP contribution in [0.1, 0.15) is 13.8 Å². The molecule has 0 rings (SSSR count). The zero-order chi connectivity index (χ0) is 7.98. The first-order chi connectivity index (χ1) is 4.68. The second-order valence-corrected chi connectivity index (χ2v) is 2.04. The summed E-state index contributed by atoms with van der Waals surface area (Å²) in [6, 6.07) is 0. The van der Waals surface area contributed by atoms with E-state index in [-0.39, 0.29) is 0 Å². The summed E-state index contributed by atoms with van der Waals surface area (Å²) in [7, 11) is 0. The fourth-order valence-corrected chi connectivity index (χ4v) is 0.424. The molecule has 0 heterocycles. The maximum absolute atomic E-state index is 10.2. The van der Waals surface area contributed by atoms with Gasteiger partial charge in [0.05, 0.1) is 5.92 Å². The van der Waals surface area contributed by atoms with Crippen LogP contribution in [0, 0.1) is 5.92 Å². The third-order valence-corrected chi connectivity index (χ3v) is 1.09. The van der Waals surface area contributed by atoms with Crippen LogP contribution in [0.15, 0.2) is 24.3 Å². The van der Waals surface area contributed by atoms with E-state index in [9.17, 15) is 4.79 Å². The summed E-state index contributed by atoms with van der Waals surface area (Å²) in [5.74, 6) is -1.18. The zero-order valence-electron chi connectivity index (χ0n) is 6.24. The Balaban J connectivity index is 3.77. The van der Waals surface area contributed by atoms with E-state index in [4.69, 9.17) is 5.11 Å². The Morgan fingerprint density at radius 1 is 1.50 bits per heavy atom. The van der Waals surface area contributed by atoms with Gasteiger partial charge in [-0.05, 0) is 13.8 Å². The third kappa shape index (κ3) is 3.89. The third-order valence-electron chi connectivity index (χ3n) is 1.09. The molecule has 0 spiro atoms. The maximum atomic E-state index is 10.2. The van der Waals surface area contributed by atoms with Crippen LogP contribution >= 0.6 is 0 Å². The molecule has 0 aliphatic rings. The molecule has 0 amide bonds. The van der Waals surface area contributed by atoms with Gasteiger partial charge in [-0.15, -0.1) is 0 Å². The van der Waals surface area contributed by atoms with Crippen LogP contribution < -0.4 is 0 Å². The largest absolute Gasteiger partial charge is 0.481 e. The van der Waals surface area contributed by atoms with Crippen molar-refractivity contribution in [3.63, 3.8) is 0 Å². The molecule has 1 unspecified atom stereocenters. The summed E-state index contributed by atoms with van der Waals surface area (Å²) in [5, 5.41) is 8.41. The van der Waals surface area contributed by atoms with Crippen molar-refractivity contribution in [1.82, 2.24) is 0 Å². The minimum absolute atomic E-state index is 0.392. The fourth-order valence-electron chi connectivity index (χ4n) is 0.424. The average Bonchev–Trinajstić information content (AvgIpc) is 1.88. The molecule has 10 heavy (non-hydrogen) atoms. The lowest BCUT2D eigenvalue weighted by atomic mass is 10.2. The molecule has 56 valence electrons. The van der Waals surface area contributed by atoms with Gasteiger partial charge >= 0.3 is 5.97 Å². The Labute approximate surface area is 60.9 Å². The van der Waals surface area contributed by atoms with E-state index in [1.54, 1.807) is 25.2 Å². The van der Waals surface area contributed by atoms with Gasteiger partial charge < -0.3 is 5.11 Å². The van der Waals surface area contributed by atoms with Crippen LogP contribution in [0.3, 0.4) is 0 Å². The lowest BCUT2D eigenvalue weighted by molar-refractivity contribution is -0.139. The molecule has 0 bridgehead atoms. The van der Waals surface area contributed by atoms with Crippen molar-refractivity contribution in [3.8, 4) is 0 Å². The highest BCUT2D eigenvalue weighted by atomic mass is 16.4. The molecular weight excluding hydrogens is 128 g/mol. The molecule has 0 radical (unpaired) electrons. The van der Waals surface area contributed by atoms with Gasteiger partial charge in [0.2, 0.25) is 0 Å². The standard InChI is InChI=1S/C8H12O2/c1-3-4-5-6-7(2)8(9)10/h3-7H,1-2H3,(H,9,10)/b4-3+,6-5+. The van der Waals surface area contributed by atoms with Gasteiger partial charge in [-0.2, -0.15) is 0 Å². The van der Waals surface area contributed by atoms with Crippen LogP contribution in [0.4, 0.5) is 0 Å². The van der Waals surface area contributed by atoms with E-state index < -0.39 is 11.9 Å². The monoisotopic (exact) mass is 140 g/mol. The highest BCUT2D eigenvalue weighted by Gasteiger charge is 2.03. The van der Waals surface area contributed by atoms with Gasteiger partial charge in [-0.1, -0.05) is 24.3 Å². The summed E-state index contributed by atoms with van der Waals surface area (Å²) in [6.07, 6.45) is 7.03. The molecule has 0 aliphatic heterocycles. The highest BCUT2D eigenvalue weighted by molar-refractivity contribution is 5.71. The highest BCUT2D eigenvalue weighted by Crippen LogP contribution is 1.96. The number of aliphatic carboxylic acids is 1. The minimum Gasteiger partial charge on any atom is -0.481 e. The van der Waals surface area contributed by atoms with Crippen molar-refractivity contribution in [2.75, 3.05) is 0 Å². The minimum atomic E-state index is -0.791. The number of allylic oxidation sites excluding steroid dienone is 3. The molecule has 0 saturated heterocycles. The lowest BCUT2D eigenvalue weighted by Gasteiger charge is -1.94. The Hall–Kier alpha value is -1.05.